The Balaban J connectivity index is 2.30. The fraction of sp³-hybridized carbons (Fsp3) is 0.333. The molecule has 106 valence electrons. The monoisotopic (exact) mass is 270 g/mol. The van der Waals surface area contributed by atoms with Gasteiger partial charge in [-0.05, 0) is 29.9 Å². The van der Waals surface area contributed by atoms with Crippen molar-refractivity contribution in [2.24, 2.45) is 0 Å². The second-order valence-electron chi connectivity index (χ2n) is 6.11. The van der Waals surface area contributed by atoms with E-state index in [0.29, 0.717) is 6.42 Å². The van der Waals surface area contributed by atoms with Gasteiger partial charge in [-0.25, -0.2) is 4.89 Å². The van der Waals surface area contributed by atoms with Gasteiger partial charge in [-0.3, -0.25) is 5.26 Å². The van der Waals surface area contributed by atoms with Gasteiger partial charge >= 0.3 is 0 Å². The van der Waals surface area contributed by atoms with E-state index in [1.54, 1.807) is 0 Å². The third kappa shape index (κ3) is 3.09. The summed E-state index contributed by atoms with van der Waals surface area (Å²) in [5, 5.41) is 9.45. The second kappa shape index (κ2) is 5.78. The average molecular weight is 270 g/mol. The van der Waals surface area contributed by atoms with E-state index in [9.17, 15) is 5.26 Å². The smallest absolute Gasteiger partial charge is 0.126 e. The number of hydrogen-bond acceptors (Lipinski definition) is 2. The standard InChI is InChI=1S/C18H22O2/c1-17(2,15-10-6-4-7-11-15)14-18(3,20-19)16-12-8-5-9-13-16/h4-13,19H,14H2,1-3H3. The van der Waals surface area contributed by atoms with Gasteiger partial charge in [0.1, 0.15) is 5.60 Å². The summed E-state index contributed by atoms with van der Waals surface area (Å²) in [4.78, 5) is 4.88. The highest BCUT2D eigenvalue weighted by atomic mass is 17.1. The molecule has 0 radical (unpaired) electrons. The van der Waals surface area contributed by atoms with Crippen LogP contribution in [0.5, 0.6) is 0 Å². The summed E-state index contributed by atoms with van der Waals surface area (Å²) in [5.41, 5.74) is 1.39. The predicted molar refractivity (Wildman–Crippen MR) is 81.6 cm³/mol. The Bertz CT molecular complexity index is 534. The minimum absolute atomic E-state index is 0.103. The zero-order chi connectivity index (χ0) is 14.6. The topological polar surface area (TPSA) is 29.5 Å². The molecule has 1 unspecified atom stereocenters. The first-order chi connectivity index (χ1) is 9.48. The first kappa shape index (κ1) is 14.8. The molecule has 2 nitrogen and oxygen atoms in total. The highest BCUT2D eigenvalue weighted by molar-refractivity contribution is 5.28. The Morgan fingerprint density at radius 1 is 0.800 bits per heavy atom. The molecule has 0 saturated heterocycles. The summed E-state index contributed by atoms with van der Waals surface area (Å²) in [7, 11) is 0. The molecule has 0 saturated carbocycles. The zero-order valence-electron chi connectivity index (χ0n) is 12.3. The van der Waals surface area contributed by atoms with Crippen LogP contribution in [0.4, 0.5) is 0 Å². The van der Waals surface area contributed by atoms with Crippen molar-refractivity contribution < 1.29 is 10.1 Å². The third-order valence-corrected chi connectivity index (χ3v) is 3.92. The van der Waals surface area contributed by atoms with E-state index in [1.807, 2.05) is 55.5 Å². The van der Waals surface area contributed by atoms with E-state index < -0.39 is 5.60 Å². The molecule has 0 aromatic heterocycles. The van der Waals surface area contributed by atoms with Gasteiger partial charge in [-0.1, -0.05) is 74.5 Å². The molecule has 1 N–H and O–H groups in total. The highest BCUT2D eigenvalue weighted by Gasteiger charge is 2.36. The maximum atomic E-state index is 9.45. The lowest BCUT2D eigenvalue weighted by Gasteiger charge is -2.36. The van der Waals surface area contributed by atoms with Crippen LogP contribution in [-0.4, -0.2) is 5.26 Å². The van der Waals surface area contributed by atoms with E-state index in [2.05, 4.69) is 26.0 Å². The van der Waals surface area contributed by atoms with E-state index in [1.165, 1.54) is 5.56 Å². The Hall–Kier alpha value is -1.64. The lowest BCUT2D eigenvalue weighted by Crippen LogP contribution is -2.33. The minimum atomic E-state index is -0.722. The van der Waals surface area contributed by atoms with Gasteiger partial charge in [0.2, 0.25) is 0 Å². The SMILES string of the molecule is CC(C)(CC(C)(OO)c1ccccc1)c1ccccc1. The molecule has 20 heavy (non-hydrogen) atoms. The van der Waals surface area contributed by atoms with Crippen molar-refractivity contribution in [1.29, 1.82) is 0 Å². The summed E-state index contributed by atoms with van der Waals surface area (Å²) in [5.74, 6) is 0. The predicted octanol–water partition coefficient (Wildman–Crippen LogP) is 4.76. The van der Waals surface area contributed by atoms with E-state index in [4.69, 9.17) is 4.89 Å². The van der Waals surface area contributed by atoms with Gasteiger partial charge in [0.05, 0.1) is 0 Å². The summed E-state index contributed by atoms with van der Waals surface area (Å²) < 4.78 is 0. The third-order valence-electron chi connectivity index (χ3n) is 3.92. The van der Waals surface area contributed by atoms with Crippen LogP contribution >= 0.6 is 0 Å². The molecule has 0 fully saturated rings. The van der Waals surface area contributed by atoms with Crippen molar-refractivity contribution in [3.8, 4) is 0 Å². The molecular weight excluding hydrogens is 248 g/mol. The Kier molecular flexibility index (Phi) is 4.26. The fourth-order valence-electron chi connectivity index (χ4n) is 2.81. The Morgan fingerprint density at radius 2 is 1.25 bits per heavy atom. The van der Waals surface area contributed by atoms with Crippen LogP contribution in [0.2, 0.25) is 0 Å². The second-order valence-corrected chi connectivity index (χ2v) is 6.11. The highest BCUT2D eigenvalue weighted by Crippen LogP contribution is 2.39. The number of benzene rings is 2. The maximum absolute atomic E-state index is 9.45. The van der Waals surface area contributed by atoms with Crippen LogP contribution in [0.1, 0.15) is 38.3 Å². The summed E-state index contributed by atoms with van der Waals surface area (Å²) in [6, 6.07) is 20.2. The molecule has 2 rings (SSSR count). The first-order valence-electron chi connectivity index (χ1n) is 6.92. The quantitative estimate of drug-likeness (QED) is 0.627. The van der Waals surface area contributed by atoms with Crippen LogP contribution in [0.3, 0.4) is 0 Å². The fourth-order valence-corrected chi connectivity index (χ4v) is 2.81. The normalized spacial score (nSPS) is 14.8. The minimum Gasteiger partial charge on any atom is -0.251 e. The molecule has 2 heteroatoms. The van der Waals surface area contributed by atoms with Crippen LogP contribution in [0, 0.1) is 0 Å². The van der Waals surface area contributed by atoms with Gasteiger partial charge in [0.15, 0.2) is 0 Å². The summed E-state index contributed by atoms with van der Waals surface area (Å²) in [6.45, 7) is 6.26. The van der Waals surface area contributed by atoms with Crippen molar-refractivity contribution in [2.75, 3.05) is 0 Å². The average Bonchev–Trinajstić information content (AvgIpc) is 2.48. The molecule has 0 amide bonds. The molecule has 0 bridgehead atoms. The van der Waals surface area contributed by atoms with E-state index >= 15 is 0 Å². The molecule has 2 aromatic rings. The van der Waals surface area contributed by atoms with Crippen molar-refractivity contribution in [2.45, 2.75) is 38.2 Å². The van der Waals surface area contributed by atoms with E-state index in [-0.39, 0.29) is 5.41 Å². The lowest BCUT2D eigenvalue weighted by atomic mass is 9.74. The first-order valence-corrected chi connectivity index (χ1v) is 6.92. The molecule has 0 spiro atoms. The molecule has 0 aliphatic carbocycles. The van der Waals surface area contributed by atoms with Crippen LogP contribution < -0.4 is 0 Å². The van der Waals surface area contributed by atoms with Gasteiger partial charge in [-0.15, -0.1) is 0 Å². The largest absolute Gasteiger partial charge is 0.251 e. The van der Waals surface area contributed by atoms with Crippen molar-refractivity contribution in [1.82, 2.24) is 0 Å². The molecule has 0 aliphatic rings. The van der Waals surface area contributed by atoms with E-state index in [0.717, 1.165) is 5.56 Å². The Morgan fingerprint density at radius 3 is 1.70 bits per heavy atom. The molecule has 1 atom stereocenters. The summed E-state index contributed by atoms with van der Waals surface area (Å²) >= 11 is 0. The number of hydrogen-bond donors (Lipinski definition) is 1. The van der Waals surface area contributed by atoms with Gasteiger partial charge in [0.25, 0.3) is 0 Å². The molecule has 2 aromatic carbocycles. The number of rotatable bonds is 5. The van der Waals surface area contributed by atoms with Gasteiger partial charge < -0.3 is 0 Å². The Labute approximate surface area is 121 Å². The molecular formula is C18H22O2. The van der Waals surface area contributed by atoms with Crippen LogP contribution in [-0.2, 0) is 15.9 Å². The van der Waals surface area contributed by atoms with Crippen molar-refractivity contribution >= 4 is 0 Å². The molecule has 0 heterocycles. The van der Waals surface area contributed by atoms with Crippen molar-refractivity contribution in [3.05, 3.63) is 71.8 Å². The van der Waals surface area contributed by atoms with Crippen LogP contribution in [0.15, 0.2) is 60.7 Å². The lowest BCUT2D eigenvalue weighted by molar-refractivity contribution is -0.328. The van der Waals surface area contributed by atoms with Gasteiger partial charge in [0, 0.05) is 0 Å². The van der Waals surface area contributed by atoms with Crippen LogP contribution in [0.25, 0.3) is 0 Å². The van der Waals surface area contributed by atoms with Gasteiger partial charge in [-0.2, -0.15) is 0 Å². The maximum Gasteiger partial charge on any atom is 0.126 e. The summed E-state index contributed by atoms with van der Waals surface area (Å²) in [6.07, 6.45) is 0.685. The zero-order valence-corrected chi connectivity index (χ0v) is 12.3. The molecule has 0 aliphatic heterocycles. The van der Waals surface area contributed by atoms with Crippen molar-refractivity contribution in [3.63, 3.8) is 0 Å².